The molecule has 26 heavy (non-hydrogen) atoms. The molecule has 1 fully saturated rings. The molecular formula is C22H26N2O2. The van der Waals surface area contributed by atoms with Crippen molar-refractivity contribution >= 4 is 11.8 Å². The van der Waals surface area contributed by atoms with E-state index < -0.39 is 0 Å². The number of rotatable bonds is 5. The van der Waals surface area contributed by atoms with Gasteiger partial charge in [-0.3, -0.25) is 9.59 Å². The van der Waals surface area contributed by atoms with Crippen LogP contribution >= 0.6 is 0 Å². The van der Waals surface area contributed by atoms with Crippen molar-refractivity contribution in [2.75, 3.05) is 19.6 Å². The van der Waals surface area contributed by atoms with E-state index in [1.807, 2.05) is 73.3 Å². The number of amides is 2. The first-order valence-corrected chi connectivity index (χ1v) is 9.29. The highest BCUT2D eigenvalue weighted by Gasteiger charge is 2.40. The van der Waals surface area contributed by atoms with Crippen molar-refractivity contribution in [2.45, 2.75) is 26.2 Å². The zero-order valence-electron chi connectivity index (χ0n) is 15.4. The fraction of sp³-hybridized carbons (Fsp3) is 0.364. The molecule has 1 aliphatic heterocycles. The molecule has 0 aliphatic carbocycles. The van der Waals surface area contributed by atoms with Crippen molar-refractivity contribution in [2.24, 2.45) is 5.92 Å². The van der Waals surface area contributed by atoms with Gasteiger partial charge in [-0.2, -0.15) is 0 Å². The maximum atomic E-state index is 13.0. The Bertz CT molecular complexity index is 773. The molecule has 1 aliphatic rings. The second-order valence-corrected chi connectivity index (χ2v) is 6.94. The van der Waals surface area contributed by atoms with Crippen molar-refractivity contribution in [1.82, 2.24) is 10.2 Å². The summed E-state index contributed by atoms with van der Waals surface area (Å²) in [6.45, 7) is 5.69. The summed E-state index contributed by atoms with van der Waals surface area (Å²) in [7, 11) is 0. The van der Waals surface area contributed by atoms with Gasteiger partial charge >= 0.3 is 0 Å². The fourth-order valence-corrected chi connectivity index (χ4v) is 3.64. The van der Waals surface area contributed by atoms with Gasteiger partial charge in [-0.15, -0.1) is 0 Å². The molecule has 4 heteroatoms. The summed E-state index contributed by atoms with van der Waals surface area (Å²) in [5, 5.41) is 3.01. The van der Waals surface area contributed by atoms with Gasteiger partial charge in [-0.05, 0) is 30.5 Å². The predicted molar refractivity (Wildman–Crippen MR) is 103 cm³/mol. The number of aryl methyl sites for hydroxylation is 1. The lowest BCUT2D eigenvalue weighted by molar-refractivity contribution is -0.124. The minimum Gasteiger partial charge on any atom is -0.356 e. The lowest BCUT2D eigenvalue weighted by Gasteiger charge is -2.18. The van der Waals surface area contributed by atoms with E-state index in [4.69, 9.17) is 0 Å². The minimum absolute atomic E-state index is 0.00910. The molecule has 1 saturated heterocycles. The number of carbonyl (C=O) groups excluding carboxylic acids is 2. The van der Waals surface area contributed by atoms with Crippen molar-refractivity contribution in [1.29, 1.82) is 0 Å². The summed E-state index contributed by atoms with van der Waals surface area (Å²) >= 11 is 0. The van der Waals surface area contributed by atoms with E-state index in [1.165, 1.54) is 0 Å². The van der Waals surface area contributed by atoms with Crippen LogP contribution in [-0.4, -0.2) is 36.3 Å². The van der Waals surface area contributed by atoms with E-state index in [9.17, 15) is 9.59 Å². The van der Waals surface area contributed by atoms with Crippen molar-refractivity contribution < 1.29 is 9.59 Å². The number of likely N-dealkylation sites (tertiary alicyclic amines) is 1. The standard InChI is InChI=1S/C22H26N2O2/c1-3-13-23-21(25)20-15-24(14-19(20)17-10-5-4-6-11-17)22(26)18-12-8-7-9-16(18)2/h4-12,19-20H,3,13-15H2,1-2H3,(H,23,25)/t19-,20-/m0/s1. The van der Waals surface area contributed by atoms with Gasteiger partial charge in [0.2, 0.25) is 5.91 Å². The number of nitrogens with one attached hydrogen (secondary N) is 1. The van der Waals surface area contributed by atoms with E-state index in [2.05, 4.69) is 5.32 Å². The molecule has 1 heterocycles. The van der Waals surface area contributed by atoms with E-state index in [1.54, 1.807) is 0 Å². The molecule has 0 aromatic heterocycles. The van der Waals surface area contributed by atoms with Gasteiger partial charge in [0.25, 0.3) is 5.91 Å². The average Bonchev–Trinajstić information content (AvgIpc) is 3.12. The summed E-state index contributed by atoms with van der Waals surface area (Å²) in [5.74, 6) is -0.131. The minimum atomic E-state index is -0.211. The summed E-state index contributed by atoms with van der Waals surface area (Å²) in [4.78, 5) is 27.6. The van der Waals surface area contributed by atoms with Crippen LogP contribution in [0.15, 0.2) is 54.6 Å². The second-order valence-electron chi connectivity index (χ2n) is 6.94. The SMILES string of the molecule is CCCNC(=O)[C@H]1CN(C(=O)c2ccccc2C)C[C@H]1c1ccccc1. The third-order valence-corrected chi connectivity index (χ3v) is 5.10. The second kappa shape index (κ2) is 8.17. The molecule has 2 atom stereocenters. The van der Waals surface area contributed by atoms with Gasteiger partial charge in [0, 0.05) is 31.1 Å². The average molecular weight is 350 g/mol. The summed E-state index contributed by atoms with van der Waals surface area (Å²) in [6, 6.07) is 17.7. The van der Waals surface area contributed by atoms with Gasteiger partial charge < -0.3 is 10.2 Å². The lowest BCUT2D eigenvalue weighted by Crippen LogP contribution is -2.36. The Morgan fingerprint density at radius 2 is 1.73 bits per heavy atom. The van der Waals surface area contributed by atoms with Crippen LogP contribution in [0, 0.1) is 12.8 Å². The molecule has 0 saturated carbocycles. The maximum absolute atomic E-state index is 13.0. The quantitative estimate of drug-likeness (QED) is 0.899. The van der Waals surface area contributed by atoms with Gasteiger partial charge in [-0.1, -0.05) is 55.5 Å². The first-order valence-electron chi connectivity index (χ1n) is 9.29. The number of nitrogens with zero attached hydrogens (tertiary/aromatic N) is 1. The summed E-state index contributed by atoms with van der Waals surface area (Å²) < 4.78 is 0. The molecule has 4 nitrogen and oxygen atoms in total. The molecule has 3 rings (SSSR count). The smallest absolute Gasteiger partial charge is 0.254 e. The zero-order valence-corrected chi connectivity index (χ0v) is 15.4. The van der Waals surface area contributed by atoms with Crippen molar-refractivity contribution in [3.63, 3.8) is 0 Å². The molecule has 0 spiro atoms. The third-order valence-electron chi connectivity index (χ3n) is 5.10. The highest BCUT2D eigenvalue weighted by Crippen LogP contribution is 2.34. The monoisotopic (exact) mass is 350 g/mol. The van der Waals surface area contributed by atoms with E-state index in [-0.39, 0.29) is 23.7 Å². The summed E-state index contributed by atoms with van der Waals surface area (Å²) in [6.07, 6.45) is 0.903. The molecule has 0 radical (unpaired) electrons. The Balaban J connectivity index is 1.85. The molecule has 0 unspecified atom stereocenters. The first kappa shape index (κ1) is 18.2. The number of hydrogen-bond acceptors (Lipinski definition) is 2. The van der Waals surface area contributed by atoms with E-state index in [0.717, 1.165) is 17.5 Å². The highest BCUT2D eigenvalue weighted by molar-refractivity contribution is 5.96. The molecule has 2 amide bonds. The fourth-order valence-electron chi connectivity index (χ4n) is 3.64. The zero-order chi connectivity index (χ0) is 18.5. The molecular weight excluding hydrogens is 324 g/mol. The Morgan fingerprint density at radius 1 is 1.04 bits per heavy atom. The predicted octanol–water partition coefficient (Wildman–Crippen LogP) is 3.38. The number of hydrogen-bond donors (Lipinski definition) is 1. The van der Waals surface area contributed by atoms with Gasteiger partial charge in [0.1, 0.15) is 0 Å². The van der Waals surface area contributed by atoms with Crippen LogP contribution in [0.25, 0.3) is 0 Å². The van der Waals surface area contributed by atoms with Crippen LogP contribution in [-0.2, 0) is 4.79 Å². The Kier molecular flexibility index (Phi) is 5.71. The van der Waals surface area contributed by atoms with Gasteiger partial charge in [0.15, 0.2) is 0 Å². The van der Waals surface area contributed by atoms with Crippen LogP contribution in [0.2, 0.25) is 0 Å². The molecule has 1 N–H and O–H groups in total. The van der Waals surface area contributed by atoms with E-state index in [0.29, 0.717) is 25.2 Å². The normalized spacial score (nSPS) is 19.4. The Morgan fingerprint density at radius 3 is 2.42 bits per heavy atom. The Labute approximate surface area is 155 Å². The van der Waals surface area contributed by atoms with Crippen LogP contribution in [0.1, 0.15) is 40.7 Å². The third kappa shape index (κ3) is 3.79. The van der Waals surface area contributed by atoms with Crippen LogP contribution < -0.4 is 5.32 Å². The first-order chi connectivity index (χ1) is 12.6. The molecule has 2 aromatic carbocycles. The van der Waals surface area contributed by atoms with E-state index >= 15 is 0 Å². The lowest BCUT2D eigenvalue weighted by atomic mass is 9.88. The molecule has 0 bridgehead atoms. The largest absolute Gasteiger partial charge is 0.356 e. The van der Waals surface area contributed by atoms with Crippen molar-refractivity contribution in [3.8, 4) is 0 Å². The maximum Gasteiger partial charge on any atom is 0.254 e. The van der Waals surface area contributed by atoms with Crippen molar-refractivity contribution in [3.05, 3.63) is 71.3 Å². The number of carbonyl (C=O) groups is 2. The van der Waals surface area contributed by atoms with Crippen LogP contribution in [0.3, 0.4) is 0 Å². The highest BCUT2D eigenvalue weighted by atomic mass is 16.2. The van der Waals surface area contributed by atoms with Gasteiger partial charge in [0.05, 0.1) is 5.92 Å². The Hall–Kier alpha value is -2.62. The summed E-state index contributed by atoms with van der Waals surface area (Å²) in [5.41, 5.74) is 2.80. The van der Waals surface area contributed by atoms with Crippen LogP contribution in [0.5, 0.6) is 0 Å². The molecule has 2 aromatic rings. The number of benzene rings is 2. The van der Waals surface area contributed by atoms with Gasteiger partial charge in [-0.25, -0.2) is 0 Å². The van der Waals surface area contributed by atoms with Crippen LogP contribution in [0.4, 0.5) is 0 Å². The molecule has 136 valence electrons. The topological polar surface area (TPSA) is 49.4 Å².